The van der Waals surface area contributed by atoms with Gasteiger partial charge in [-0.1, -0.05) is 36.9 Å². The van der Waals surface area contributed by atoms with E-state index in [1.807, 2.05) is 0 Å². The molecule has 4 unspecified atom stereocenters. The molecule has 2 aliphatic carbocycles. The summed E-state index contributed by atoms with van der Waals surface area (Å²) < 4.78 is 0. The van der Waals surface area contributed by atoms with Crippen LogP contribution in [0.3, 0.4) is 0 Å². The lowest BCUT2D eigenvalue weighted by molar-refractivity contribution is 0.119. The molecule has 0 saturated heterocycles. The molecule has 2 nitrogen and oxygen atoms in total. The van der Waals surface area contributed by atoms with Gasteiger partial charge in [0.2, 0.25) is 0 Å². The average molecular weight is 305 g/mol. The molecule has 23 heavy (non-hydrogen) atoms. The number of nitrogens with zero attached hydrogens (tertiary/aromatic N) is 1. The summed E-state index contributed by atoms with van der Waals surface area (Å²) in [5.41, 5.74) is 4.19. The van der Waals surface area contributed by atoms with Gasteiger partial charge in [0.15, 0.2) is 0 Å². The van der Waals surface area contributed by atoms with Gasteiger partial charge in [-0.3, -0.25) is 0 Å². The van der Waals surface area contributed by atoms with Gasteiger partial charge >= 0.3 is 0 Å². The third-order valence-electron chi connectivity index (χ3n) is 6.79. The highest BCUT2D eigenvalue weighted by Gasteiger charge is 2.58. The van der Waals surface area contributed by atoms with Gasteiger partial charge < -0.3 is 4.98 Å². The largest absolute Gasteiger partial charge is 0.361 e. The summed E-state index contributed by atoms with van der Waals surface area (Å²) in [4.78, 5) is 7.85. The van der Waals surface area contributed by atoms with Crippen LogP contribution in [0.1, 0.15) is 50.7 Å². The number of hydrogen-bond acceptors (Lipinski definition) is 0. The van der Waals surface area contributed by atoms with Gasteiger partial charge in [-0.05, 0) is 48.3 Å². The lowest BCUT2D eigenvalue weighted by atomic mass is 9.51. The Morgan fingerprint density at radius 1 is 1.35 bits per heavy atom. The van der Waals surface area contributed by atoms with E-state index in [2.05, 4.69) is 67.7 Å². The van der Waals surface area contributed by atoms with Crippen LogP contribution in [0.4, 0.5) is 0 Å². The summed E-state index contributed by atoms with van der Waals surface area (Å²) in [5, 5.41) is 1.39. The third-order valence-corrected chi connectivity index (χ3v) is 6.79. The Kier molecular flexibility index (Phi) is 2.86. The number of H-pyrrole nitrogens is 1. The van der Waals surface area contributed by atoms with Crippen molar-refractivity contribution < 1.29 is 0 Å². The van der Waals surface area contributed by atoms with Crippen molar-refractivity contribution in [3.05, 3.63) is 53.0 Å². The number of hydrogen-bond donors (Lipinski definition) is 1. The second kappa shape index (κ2) is 4.51. The highest BCUT2D eigenvalue weighted by molar-refractivity contribution is 5.89. The average Bonchev–Trinajstić information content (AvgIpc) is 2.97. The molecule has 1 fully saturated rings. The van der Waals surface area contributed by atoms with Crippen LogP contribution < -0.4 is 0 Å². The van der Waals surface area contributed by atoms with Crippen molar-refractivity contribution in [3.8, 4) is 6.57 Å². The van der Waals surface area contributed by atoms with Crippen molar-refractivity contribution in [1.82, 2.24) is 4.98 Å². The minimum atomic E-state index is -0.0259. The lowest BCUT2D eigenvalue weighted by Crippen LogP contribution is -2.49. The highest BCUT2D eigenvalue weighted by Crippen LogP contribution is 2.59. The van der Waals surface area contributed by atoms with Crippen molar-refractivity contribution in [2.24, 2.45) is 11.3 Å². The molecule has 118 valence electrons. The van der Waals surface area contributed by atoms with Crippen molar-refractivity contribution in [2.75, 3.05) is 0 Å². The van der Waals surface area contributed by atoms with E-state index in [9.17, 15) is 0 Å². The number of rotatable bonds is 1. The predicted octanol–water partition coefficient (Wildman–Crippen LogP) is 5.48. The molecule has 0 radical (unpaired) electrons. The molecule has 1 aromatic heterocycles. The van der Waals surface area contributed by atoms with Gasteiger partial charge in [0.25, 0.3) is 12.6 Å². The Balaban J connectivity index is 2.02. The monoisotopic (exact) mass is 305 g/mol. The number of fused-ring (bicyclic) bond motifs is 2. The summed E-state index contributed by atoms with van der Waals surface area (Å²) in [6, 6.07) is 6.72. The molecule has 2 aliphatic rings. The number of aromatic nitrogens is 1. The quantitative estimate of drug-likeness (QED) is 0.674. The summed E-state index contributed by atoms with van der Waals surface area (Å²) in [7, 11) is 0. The summed E-state index contributed by atoms with van der Waals surface area (Å²) in [5.74, 6) is 0.914. The fourth-order valence-corrected chi connectivity index (χ4v) is 5.32. The SMILES string of the molecule is C#[N+]C1C2c3c[nH]c4cccc(c34)C(C)(C)C2CCC1(C)C=C. The molecule has 1 N–H and O–H groups in total. The van der Waals surface area contributed by atoms with Gasteiger partial charge in [0, 0.05) is 17.1 Å². The van der Waals surface area contributed by atoms with E-state index in [-0.39, 0.29) is 16.9 Å². The molecule has 4 atom stereocenters. The molecule has 2 heteroatoms. The van der Waals surface area contributed by atoms with Crippen LogP contribution in [0, 0.1) is 17.9 Å². The van der Waals surface area contributed by atoms with Crippen LogP contribution in [-0.4, -0.2) is 11.0 Å². The van der Waals surface area contributed by atoms with Crippen LogP contribution in [0.25, 0.3) is 15.7 Å². The van der Waals surface area contributed by atoms with Crippen LogP contribution >= 0.6 is 0 Å². The molecular formula is C21H25N2+. The third kappa shape index (κ3) is 1.68. The smallest absolute Gasteiger partial charge is 0.287 e. The van der Waals surface area contributed by atoms with Gasteiger partial charge in [0.05, 0.1) is 11.3 Å². The van der Waals surface area contributed by atoms with Crippen LogP contribution in [0.15, 0.2) is 37.1 Å². The summed E-state index contributed by atoms with van der Waals surface area (Å²) in [6.07, 6.45) is 6.55. The van der Waals surface area contributed by atoms with Gasteiger partial charge in [-0.15, -0.1) is 6.58 Å². The van der Waals surface area contributed by atoms with Crippen molar-refractivity contribution >= 4 is 10.9 Å². The molecule has 1 saturated carbocycles. The first-order chi connectivity index (χ1) is 10.9. The minimum absolute atomic E-state index is 0.0259. The lowest BCUT2D eigenvalue weighted by Gasteiger charge is -2.49. The number of benzene rings is 1. The van der Waals surface area contributed by atoms with Crippen LogP contribution in [0.2, 0.25) is 0 Å². The van der Waals surface area contributed by atoms with E-state index >= 15 is 0 Å². The standard InChI is InChI=1S/C21H25N2/c1-6-21(4)11-10-15-18(19(21)22-5)13-12-23-16-9-7-8-14(17(13)16)20(15,2)3/h5-9,12,15,18-19,23H,1,10-11H2,2-4H3/q+1. The predicted molar refractivity (Wildman–Crippen MR) is 97.2 cm³/mol. The maximum Gasteiger partial charge on any atom is 0.287 e. The Morgan fingerprint density at radius 2 is 2.13 bits per heavy atom. The van der Waals surface area contributed by atoms with E-state index in [1.54, 1.807) is 0 Å². The summed E-state index contributed by atoms with van der Waals surface area (Å²) >= 11 is 0. The first-order valence-corrected chi connectivity index (χ1v) is 8.58. The van der Waals surface area contributed by atoms with Crippen LogP contribution in [-0.2, 0) is 5.41 Å². The Labute approximate surface area is 138 Å². The first kappa shape index (κ1) is 14.6. The maximum atomic E-state index is 5.93. The zero-order valence-corrected chi connectivity index (χ0v) is 14.3. The van der Waals surface area contributed by atoms with Gasteiger partial charge in [-0.2, -0.15) is 0 Å². The fourth-order valence-electron chi connectivity index (χ4n) is 5.32. The molecule has 2 aromatic rings. The van der Waals surface area contributed by atoms with E-state index in [1.165, 1.54) is 28.5 Å². The molecule has 4 rings (SSSR count). The zero-order valence-electron chi connectivity index (χ0n) is 14.3. The second-order valence-corrected chi connectivity index (χ2v) is 8.17. The summed E-state index contributed by atoms with van der Waals surface area (Å²) in [6.45, 7) is 17.1. The molecule has 0 amide bonds. The Hall–Kier alpha value is -2.01. The van der Waals surface area contributed by atoms with Crippen molar-refractivity contribution in [3.63, 3.8) is 0 Å². The molecule has 0 bridgehead atoms. The van der Waals surface area contributed by atoms with E-state index in [4.69, 9.17) is 6.57 Å². The first-order valence-electron chi connectivity index (χ1n) is 8.58. The highest BCUT2D eigenvalue weighted by atomic mass is 14.8. The molecule has 1 heterocycles. The number of aromatic amines is 1. The Bertz CT molecular complexity index is 835. The number of nitrogens with one attached hydrogen (secondary N) is 1. The Morgan fingerprint density at radius 3 is 2.83 bits per heavy atom. The van der Waals surface area contributed by atoms with Gasteiger partial charge in [-0.25, -0.2) is 0 Å². The second-order valence-electron chi connectivity index (χ2n) is 8.17. The van der Waals surface area contributed by atoms with Crippen molar-refractivity contribution in [1.29, 1.82) is 0 Å². The fraction of sp³-hybridized carbons (Fsp3) is 0.476. The maximum absolute atomic E-state index is 5.93. The van der Waals surface area contributed by atoms with Gasteiger partial charge in [0.1, 0.15) is 0 Å². The van der Waals surface area contributed by atoms with Crippen LogP contribution in [0.5, 0.6) is 0 Å². The molecular weight excluding hydrogens is 280 g/mol. The normalized spacial score (nSPS) is 34.6. The van der Waals surface area contributed by atoms with E-state index in [0.29, 0.717) is 11.8 Å². The molecule has 1 aromatic carbocycles. The molecule has 0 spiro atoms. The minimum Gasteiger partial charge on any atom is -0.361 e. The van der Waals surface area contributed by atoms with E-state index in [0.717, 1.165) is 6.42 Å². The zero-order chi connectivity index (χ0) is 16.4. The topological polar surface area (TPSA) is 20.1 Å². The van der Waals surface area contributed by atoms with Crippen molar-refractivity contribution in [2.45, 2.75) is 51.0 Å². The van der Waals surface area contributed by atoms with E-state index < -0.39 is 0 Å². The molecule has 0 aliphatic heterocycles.